The Balaban J connectivity index is 2.84. The Kier molecular flexibility index (Phi) is 4.18. The fourth-order valence-electron chi connectivity index (χ4n) is 0.984. The van der Waals surface area contributed by atoms with Crippen LogP contribution in [-0.2, 0) is 11.2 Å². The molecule has 4 heteroatoms. The molecule has 0 saturated carbocycles. The van der Waals surface area contributed by atoms with E-state index in [1.54, 1.807) is 21.6 Å². The van der Waals surface area contributed by atoms with Crippen LogP contribution in [0.4, 0.5) is 0 Å². The second kappa shape index (κ2) is 5.19. The summed E-state index contributed by atoms with van der Waals surface area (Å²) in [7, 11) is 3.22. The number of rotatable bonds is 4. The normalized spacial score (nSPS) is 9.92. The summed E-state index contributed by atoms with van der Waals surface area (Å²) in [4.78, 5) is 11.5. The van der Waals surface area contributed by atoms with Crippen molar-refractivity contribution in [3.8, 4) is 0 Å². The van der Waals surface area contributed by atoms with Gasteiger partial charge in [0.25, 0.3) is 0 Å². The minimum absolute atomic E-state index is 0.101. The first-order chi connectivity index (χ1) is 6.24. The van der Waals surface area contributed by atoms with E-state index in [1.165, 1.54) is 0 Å². The maximum Gasteiger partial charge on any atom is 0.307 e. The lowest BCUT2D eigenvalue weighted by atomic mass is 10.1. The summed E-state index contributed by atoms with van der Waals surface area (Å²) >= 11 is 0. The molecule has 0 radical (unpaired) electrons. The van der Waals surface area contributed by atoms with Crippen molar-refractivity contribution in [2.24, 2.45) is 0 Å². The number of hydrogen-bond acceptors (Lipinski definition) is 3. The summed E-state index contributed by atoms with van der Waals surface area (Å²) in [6, 6.07) is 7.58. The predicted octanol–water partition coefficient (Wildman–Crippen LogP) is 2.68. The molecule has 2 nitrogen and oxygen atoms in total. The lowest BCUT2D eigenvalue weighted by Gasteiger charge is -2.03. The van der Waals surface area contributed by atoms with Gasteiger partial charge in [-0.3, -0.25) is 4.79 Å². The molecule has 0 saturated heterocycles. The molecule has 0 heterocycles. The molecule has 0 atom stereocenters. The highest BCUT2D eigenvalue weighted by Crippen LogP contribution is 2.31. The number of carboxylic acids is 1. The molecule has 1 N–H and O–H groups in total. The van der Waals surface area contributed by atoms with Crippen LogP contribution in [0, 0.1) is 0 Å². The highest BCUT2D eigenvalue weighted by atomic mass is 33.1. The zero-order valence-electron chi connectivity index (χ0n) is 7.19. The van der Waals surface area contributed by atoms with E-state index in [4.69, 9.17) is 5.11 Å². The van der Waals surface area contributed by atoms with E-state index >= 15 is 0 Å². The molecule has 13 heavy (non-hydrogen) atoms. The quantitative estimate of drug-likeness (QED) is 0.782. The molecule has 0 aliphatic carbocycles. The monoisotopic (exact) mass is 214 g/mol. The number of carboxylic acid groups (broad SMARTS) is 1. The third-order valence-corrected chi connectivity index (χ3v) is 3.27. The van der Waals surface area contributed by atoms with Crippen LogP contribution < -0.4 is 0 Å². The zero-order valence-corrected chi connectivity index (χ0v) is 8.82. The highest BCUT2D eigenvalue weighted by molar-refractivity contribution is 8.76. The van der Waals surface area contributed by atoms with Gasteiger partial charge in [-0.25, -0.2) is 0 Å². The van der Waals surface area contributed by atoms with Gasteiger partial charge in [-0.15, -0.1) is 0 Å². The van der Waals surface area contributed by atoms with Crippen LogP contribution in [0.15, 0.2) is 29.2 Å². The summed E-state index contributed by atoms with van der Waals surface area (Å²) in [6.45, 7) is 0. The fourth-order valence-corrected chi connectivity index (χ4v) is 2.57. The van der Waals surface area contributed by atoms with Gasteiger partial charge in [0, 0.05) is 4.90 Å². The van der Waals surface area contributed by atoms with Crippen LogP contribution in [0.1, 0.15) is 5.56 Å². The van der Waals surface area contributed by atoms with E-state index in [9.17, 15) is 4.79 Å². The average Bonchev–Trinajstić information content (AvgIpc) is 2.08. The first-order valence-corrected chi connectivity index (χ1v) is 6.30. The van der Waals surface area contributed by atoms with Crippen LogP contribution in [0.2, 0.25) is 0 Å². The Bertz CT molecular complexity index is 299. The van der Waals surface area contributed by atoms with Gasteiger partial charge in [0.05, 0.1) is 6.42 Å². The predicted molar refractivity (Wildman–Crippen MR) is 57.2 cm³/mol. The van der Waals surface area contributed by atoms with Gasteiger partial charge < -0.3 is 5.11 Å². The maximum atomic E-state index is 10.5. The molecule has 0 aliphatic rings. The Hall–Kier alpha value is -0.610. The first kappa shape index (κ1) is 10.5. The molecule has 0 spiro atoms. The van der Waals surface area contributed by atoms with Crippen molar-refractivity contribution < 1.29 is 9.90 Å². The second-order valence-corrected chi connectivity index (χ2v) is 4.87. The second-order valence-electron chi connectivity index (χ2n) is 2.43. The maximum absolute atomic E-state index is 10.5. The Morgan fingerprint density at radius 3 is 2.77 bits per heavy atom. The molecular formula is C9H10O2S2. The van der Waals surface area contributed by atoms with Crippen molar-refractivity contribution in [1.82, 2.24) is 0 Å². The summed E-state index contributed by atoms with van der Waals surface area (Å²) in [6.07, 6.45) is 2.08. The van der Waals surface area contributed by atoms with Crippen LogP contribution in [-0.4, -0.2) is 17.3 Å². The largest absolute Gasteiger partial charge is 0.481 e. The molecule has 0 amide bonds. The Labute approximate surface area is 85.1 Å². The van der Waals surface area contributed by atoms with Gasteiger partial charge >= 0.3 is 5.97 Å². The number of carbonyl (C=O) groups is 1. The third-order valence-electron chi connectivity index (χ3n) is 1.49. The van der Waals surface area contributed by atoms with Crippen molar-refractivity contribution in [1.29, 1.82) is 0 Å². The molecule has 0 aliphatic heterocycles. The van der Waals surface area contributed by atoms with Gasteiger partial charge in [-0.05, 0) is 17.9 Å². The summed E-state index contributed by atoms with van der Waals surface area (Å²) in [5.74, 6) is -0.783. The van der Waals surface area contributed by atoms with E-state index in [2.05, 4.69) is 0 Å². The van der Waals surface area contributed by atoms with Crippen molar-refractivity contribution in [3.63, 3.8) is 0 Å². The molecule has 0 bridgehead atoms. The van der Waals surface area contributed by atoms with Gasteiger partial charge in [-0.1, -0.05) is 39.8 Å². The van der Waals surface area contributed by atoms with E-state index in [0.717, 1.165) is 10.5 Å². The molecule has 70 valence electrons. The van der Waals surface area contributed by atoms with E-state index in [0.29, 0.717) is 0 Å². The van der Waals surface area contributed by atoms with E-state index < -0.39 is 5.97 Å². The molecular weight excluding hydrogens is 204 g/mol. The molecule has 1 aromatic carbocycles. The Morgan fingerprint density at radius 1 is 1.46 bits per heavy atom. The van der Waals surface area contributed by atoms with E-state index in [1.807, 2.05) is 30.5 Å². The first-order valence-electron chi connectivity index (χ1n) is 3.74. The average molecular weight is 214 g/mol. The van der Waals surface area contributed by atoms with Crippen LogP contribution in [0.3, 0.4) is 0 Å². The standard InChI is InChI=1S/C9H10O2S2/c1-12-13-8-5-3-2-4-7(8)6-9(10)11/h2-5H,6H2,1H3,(H,10,11). The molecule has 0 unspecified atom stereocenters. The minimum atomic E-state index is -0.783. The summed E-state index contributed by atoms with van der Waals surface area (Å²) in [5.41, 5.74) is 0.884. The van der Waals surface area contributed by atoms with Crippen LogP contribution >= 0.6 is 21.6 Å². The Morgan fingerprint density at radius 2 is 2.15 bits per heavy atom. The molecule has 1 rings (SSSR count). The SMILES string of the molecule is CSSc1ccccc1CC(=O)O. The van der Waals surface area contributed by atoms with Crippen molar-refractivity contribution in [2.75, 3.05) is 6.26 Å². The molecule has 0 fully saturated rings. The van der Waals surface area contributed by atoms with E-state index in [-0.39, 0.29) is 6.42 Å². The lowest BCUT2D eigenvalue weighted by molar-refractivity contribution is -0.136. The van der Waals surface area contributed by atoms with Crippen molar-refractivity contribution >= 4 is 27.6 Å². The fraction of sp³-hybridized carbons (Fsp3) is 0.222. The summed E-state index contributed by atoms with van der Waals surface area (Å²) < 4.78 is 0. The number of hydrogen-bond donors (Lipinski definition) is 1. The van der Waals surface area contributed by atoms with Gasteiger partial charge in [0.2, 0.25) is 0 Å². The van der Waals surface area contributed by atoms with Gasteiger partial charge in [0.15, 0.2) is 0 Å². The van der Waals surface area contributed by atoms with Gasteiger partial charge in [-0.2, -0.15) is 0 Å². The van der Waals surface area contributed by atoms with Crippen molar-refractivity contribution in [2.45, 2.75) is 11.3 Å². The summed E-state index contributed by atoms with van der Waals surface area (Å²) in [5, 5.41) is 8.64. The third kappa shape index (κ3) is 3.32. The van der Waals surface area contributed by atoms with Crippen molar-refractivity contribution in [3.05, 3.63) is 29.8 Å². The minimum Gasteiger partial charge on any atom is -0.481 e. The zero-order chi connectivity index (χ0) is 9.68. The van der Waals surface area contributed by atoms with Crippen LogP contribution in [0.5, 0.6) is 0 Å². The molecule has 1 aromatic rings. The topological polar surface area (TPSA) is 37.3 Å². The lowest BCUT2D eigenvalue weighted by Crippen LogP contribution is -2.00. The van der Waals surface area contributed by atoms with Gasteiger partial charge in [0.1, 0.15) is 0 Å². The molecule has 0 aromatic heterocycles. The highest BCUT2D eigenvalue weighted by Gasteiger charge is 2.05. The smallest absolute Gasteiger partial charge is 0.307 e. The number of benzene rings is 1. The van der Waals surface area contributed by atoms with Crippen LogP contribution in [0.25, 0.3) is 0 Å². The number of aliphatic carboxylic acids is 1.